The van der Waals surface area contributed by atoms with Gasteiger partial charge >= 0.3 is 6.03 Å². The number of carbonyl (C=O) groups is 1. The third-order valence-electron chi connectivity index (χ3n) is 5.69. The van der Waals surface area contributed by atoms with Crippen LogP contribution in [0.5, 0.6) is 5.75 Å². The minimum absolute atomic E-state index is 0.183. The van der Waals surface area contributed by atoms with Crippen LogP contribution in [0.3, 0.4) is 0 Å². The zero-order valence-corrected chi connectivity index (χ0v) is 23.4. The van der Waals surface area contributed by atoms with Crippen LogP contribution in [-0.2, 0) is 10.2 Å². The first kappa shape index (κ1) is 27.0. The lowest BCUT2D eigenvalue weighted by Crippen LogP contribution is -2.38. The lowest BCUT2D eigenvalue weighted by Gasteiger charge is -2.26. The Morgan fingerprint density at radius 1 is 1.05 bits per heavy atom. The van der Waals surface area contributed by atoms with Crippen LogP contribution < -0.4 is 15.4 Å². The topological polar surface area (TPSA) is 88.9 Å². The monoisotopic (exact) mass is 614 g/mol. The lowest BCUT2D eigenvalue weighted by molar-refractivity contribution is 0.0322. The van der Waals surface area contributed by atoms with Gasteiger partial charge in [-0.2, -0.15) is 0 Å². The van der Waals surface area contributed by atoms with Crippen LogP contribution in [0.2, 0.25) is 0 Å². The number of halogens is 1. The molecule has 0 unspecified atom stereocenters. The summed E-state index contributed by atoms with van der Waals surface area (Å²) in [6.45, 7) is 11.1. The fraction of sp³-hybridized carbons (Fsp3) is 0.357. The zero-order valence-electron chi connectivity index (χ0n) is 21.3. The molecule has 9 heteroatoms. The van der Waals surface area contributed by atoms with Crippen molar-refractivity contribution in [3.63, 3.8) is 0 Å². The number of amides is 2. The molecule has 8 nitrogen and oxygen atoms in total. The number of nitrogens with one attached hydrogen (secondary N) is 2. The number of aromatic nitrogens is 1. The van der Waals surface area contributed by atoms with Crippen LogP contribution in [0.1, 0.15) is 37.7 Å². The van der Waals surface area contributed by atoms with Gasteiger partial charge < -0.3 is 19.3 Å². The van der Waals surface area contributed by atoms with Gasteiger partial charge in [0.1, 0.15) is 18.1 Å². The molecule has 0 radical (unpaired) electrons. The largest absolute Gasteiger partial charge is 0.491 e. The molecule has 2 amide bonds. The Labute approximate surface area is 231 Å². The van der Waals surface area contributed by atoms with Crippen LogP contribution in [0, 0.1) is 15.4 Å². The van der Waals surface area contributed by atoms with Crippen molar-refractivity contribution in [2.24, 2.45) is 0 Å². The first-order chi connectivity index (χ1) is 17.8. The second-order valence-electron chi connectivity index (χ2n) is 9.68. The minimum atomic E-state index is -0.394. The van der Waals surface area contributed by atoms with E-state index in [1.54, 1.807) is 6.07 Å². The lowest BCUT2D eigenvalue weighted by atomic mass is 9.93. The number of nitrogens with zero attached hydrogens (tertiary/aromatic N) is 2. The third-order valence-corrected chi connectivity index (χ3v) is 6.53. The average Bonchev–Trinajstić information content (AvgIpc) is 3.34. The molecule has 3 aromatic rings. The summed E-state index contributed by atoms with van der Waals surface area (Å²) in [5.74, 6) is 8.30. The van der Waals surface area contributed by atoms with Crippen molar-refractivity contribution in [3.05, 3.63) is 69.0 Å². The Morgan fingerprint density at radius 3 is 2.43 bits per heavy atom. The molecule has 194 valence electrons. The van der Waals surface area contributed by atoms with E-state index in [0.29, 0.717) is 23.9 Å². The van der Waals surface area contributed by atoms with Crippen molar-refractivity contribution in [3.8, 4) is 17.6 Å². The van der Waals surface area contributed by atoms with Crippen molar-refractivity contribution in [2.45, 2.75) is 26.2 Å². The van der Waals surface area contributed by atoms with Gasteiger partial charge in [-0.1, -0.05) is 37.8 Å². The van der Waals surface area contributed by atoms with Crippen molar-refractivity contribution >= 4 is 40.1 Å². The highest BCUT2D eigenvalue weighted by molar-refractivity contribution is 14.1. The van der Waals surface area contributed by atoms with Gasteiger partial charge in [0, 0.05) is 47.9 Å². The van der Waals surface area contributed by atoms with Gasteiger partial charge in [-0.3, -0.25) is 10.2 Å². The highest BCUT2D eigenvalue weighted by Crippen LogP contribution is 2.24. The molecule has 37 heavy (non-hydrogen) atoms. The summed E-state index contributed by atoms with van der Waals surface area (Å²) in [7, 11) is 0. The van der Waals surface area contributed by atoms with Gasteiger partial charge in [-0.05, 0) is 65.1 Å². The molecule has 0 aliphatic carbocycles. The highest BCUT2D eigenvalue weighted by atomic mass is 127. The third kappa shape index (κ3) is 8.21. The standard InChI is InChI=1S/C28H31IN4O4/c1-28(2,3)25-19-26(32-37-25)31-27(34)30-22-9-6-20(7-10-22)4-5-21-8-11-24(23(29)18-21)36-17-14-33-12-15-35-16-13-33/h6-11,18-19H,12-17H2,1-3H3,(H2,30,31,32,34). The van der Waals surface area contributed by atoms with Crippen molar-refractivity contribution in [2.75, 3.05) is 50.1 Å². The molecule has 0 saturated carbocycles. The van der Waals surface area contributed by atoms with E-state index in [1.165, 1.54) is 0 Å². The van der Waals surface area contributed by atoms with Gasteiger partial charge in [0.05, 0.1) is 16.8 Å². The van der Waals surface area contributed by atoms with Gasteiger partial charge in [0.2, 0.25) is 0 Å². The number of ether oxygens (including phenoxy) is 2. The quantitative estimate of drug-likeness (QED) is 0.288. The number of carbonyl (C=O) groups excluding carboxylic acids is 1. The SMILES string of the molecule is CC(C)(C)c1cc(NC(=O)Nc2ccc(C#Cc3ccc(OCCN4CCOCC4)c(I)c3)cc2)no1. The molecule has 1 aliphatic rings. The molecule has 2 N–H and O–H groups in total. The Morgan fingerprint density at radius 2 is 1.76 bits per heavy atom. The second kappa shape index (κ2) is 12.4. The number of rotatable bonds is 6. The molecule has 1 aliphatic heterocycles. The van der Waals surface area contributed by atoms with Gasteiger partial charge in [0.15, 0.2) is 5.82 Å². The summed E-state index contributed by atoms with van der Waals surface area (Å²) >= 11 is 2.28. The molecule has 0 spiro atoms. The summed E-state index contributed by atoms with van der Waals surface area (Å²) in [4.78, 5) is 14.6. The number of hydrogen-bond acceptors (Lipinski definition) is 6. The molecule has 2 heterocycles. The number of morpholine rings is 1. The van der Waals surface area contributed by atoms with Crippen molar-refractivity contribution < 1.29 is 18.8 Å². The fourth-order valence-electron chi connectivity index (χ4n) is 3.55. The molecular formula is C28H31IN4O4. The van der Waals surface area contributed by atoms with E-state index >= 15 is 0 Å². The summed E-state index contributed by atoms with van der Waals surface area (Å²) in [6, 6.07) is 14.6. The van der Waals surface area contributed by atoms with Gasteiger partial charge in [-0.15, -0.1) is 0 Å². The summed E-state index contributed by atoms with van der Waals surface area (Å²) in [6.07, 6.45) is 0. The molecule has 0 atom stereocenters. The van der Waals surface area contributed by atoms with Crippen LogP contribution in [0.25, 0.3) is 0 Å². The van der Waals surface area contributed by atoms with E-state index < -0.39 is 6.03 Å². The van der Waals surface area contributed by atoms with Crippen LogP contribution in [-0.4, -0.2) is 55.5 Å². The Kier molecular flexibility index (Phi) is 9.08. The number of anilines is 2. The maximum Gasteiger partial charge on any atom is 0.324 e. The zero-order chi connectivity index (χ0) is 26.3. The molecule has 1 aromatic heterocycles. The normalized spacial score (nSPS) is 13.9. The first-order valence-electron chi connectivity index (χ1n) is 12.2. The molecule has 2 aromatic carbocycles. The predicted molar refractivity (Wildman–Crippen MR) is 152 cm³/mol. The highest BCUT2D eigenvalue weighted by Gasteiger charge is 2.20. The Hall–Kier alpha value is -3.07. The number of urea groups is 1. The molecular weight excluding hydrogens is 583 g/mol. The van der Waals surface area contributed by atoms with E-state index in [1.807, 2.05) is 63.2 Å². The number of hydrogen-bond donors (Lipinski definition) is 2. The van der Waals surface area contributed by atoms with E-state index in [2.05, 4.69) is 55.1 Å². The van der Waals surface area contributed by atoms with Gasteiger partial charge in [-0.25, -0.2) is 4.79 Å². The van der Waals surface area contributed by atoms with Crippen molar-refractivity contribution in [1.82, 2.24) is 10.1 Å². The maximum absolute atomic E-state index is 12.3. The summed E-state index contributed by atoms with van der Waals surface area (Å²) in [5.41, 5.74) is 2.22. The van der Waals surface area contributed by atoms with E-state index in [-0.39, 0.29) is 5.41 Å². The van der Waals surface area contributed by atoms with Crippen LogP contribution in [0.15, 0.2) is 53.1 Å². The summed E-state index contributed by atoms with van der Waals surface area (Å²) in [5, 5.41) is 9.37. The number of benzene rings is 2. The summed E-state index contributed by atoms with van der Waals surface area (Å²) < 4.78 is 17.7. The predicted octanol–water partition coefficient (Wildman–Crippen LogP) is 5.33. The smallest absolute Gasteiger partial charge is 0.324 e. The van der Waals surface area contributed by atoms with Crippen molar-refractivity contribution in [1.29, 1.82) is 0 Å². The van der Waals surface area contributed by atoms with E-state index in [0.717, 1.165) is 53.3 Å². The molecule has 1 saturated heterocycles. The Bertz CT molecular complexity index is 1270. The second-order valence-corrected chi connectivity index (χ2v) is 10.8. The Balaban J connectivity index is 1.27. The average molecular weight is 614 g/mol. The molecule has 1 fully saturated rings. The van der Waals surface area contributed by atoms with Crippen LogP contribution >= 0.6 is 22.6 Å². The van der Waals surface area contributed by atoms with E-state index in [9.17, 15) is 4.79 Å². The van der Waals surface area contributed by atoms with Crippen LogP contribution in [0.4, 0.5) is 16.3 Å². The molecule has 4 rings (SSSR count). The maximum atomic E-state index is 12.3. The minimum Gasteiger partial charge on any atom is -0.491 e. The molecule has 0 bridgehead atoms. The fourth-order valence-corrected chi connectivity index (χ4v) is 4.22. The van der Waals surface area contributed by atoms with Gasteiger partial charge in [0.25, 0.3) is 0 Å². The first-order valence-corrected chi connectivity index (χ1v) is 13.2. The van der Waals surface area contributed by atoms with E-state index in [4.69, 9.17) is 14.0 Å².